The number of benzene rings is 1. The third-order valence-electron chi connectivity index (χ3n) is 3.40. The van der Waals surface area contributed by atoms with Crippen LogP contribution in [-0.2, 0) is 6.54 Å². The summed E-state index contributed by atoms with van der Waals surface area (Å²) in [5.74, 6) is 0.728. The highest BCUT2D eigenvalue weighted by atomic mass is 14.9. The zero-order valence-corrected chi connectivity index (χ0v) is 11.6. The summed E-state index contributed by atoms with van der Waals surface area (Å²) in [7, 11) is 2.02. The van der Waals surface area contributed by atoms with E-state index in [0.717, 1.165) is 25.6 Å². The molecule has 0 aromatic heterocycles. The Balaban J connectivity index is 2.37. The highest BCUT2D eigenvalue weighted by molar-refractivity contribution is 5.29. The number of hydrogen-bond donors (Lipinski definition) is 2. The van der Waals surface area contributed by atoms with Crippen molar-refractivity contribution >= 4 is 0 Å². The minimum atomic E-state index is 0.728. The van der Waals surface area contributed by atoms with E-state index in [9.17, 15) is 0 Å². The van der Waals surface area contributed by atoms with Crippen molar-refractivity contribution in [1.82, 2.24) is 10.6 Å². The molecule has 1 aromatic carbocycles. The molecule has 0 saturated carbocycles. The van der Waals surface area contributed by atoms with Crippen LogP contribution in [0.15, 0.2) is 18.2 Å². The second kappa shape index (κ2) is 7.46. The van der Waals surface area contributed by atoms with Crippen molar-refractivity contribution in [3.8, 4) is 0 Å². The predicted molar refractivity (Wildman–Crippen MR) is 75.3 cm³/mol. The Labute approximate surface area is 106 Å². The Kier molecular flexibility index (Phi) is 6.23. The average molecular weight is 234 g/mol. The number of nitrogens with one attached hydrogen (secondary N) is 2. The maximum absolute atomic E-state index is 3.54. The molecule has 17 heavy (non-hydrogen) atoms. The van der Waals surface area contributed by atoms with Crippen LogP contribution in [0.2, 0.25) is 0 Å². The van der Waals surface area contributed by atoms with E-state index in [1.54, 1.807) is 0 Å². The normalized spacial score (nSPS) is 12.7. The molecule has 96 valence electrons. The van der Waals surface area contributed by atoms with E-state index in [0.29, 0.717) is 0 Å². The van der Waals surface area contributed by atoms with Gasteiger partial charge in [0.15, 0.2) is 0 Å². The molecule has 0 aliphatic rings. The summed E-state index contributed by atoms with van der Waals surface area (Å²) >= 11 is 0. The van der Waals surface area contributed by atoms with Crippen LogP contribution in [0.5, 0.6) is 0 Å². The molecular formula is C15H26N2. The number of aryl methyl sites for hydroxylation is 2. The third-order valence-corrected chi connectivity index (χ3v) is 3.40. The van der Waals surface area contributed by atoms with E-state index in [2.05, 4.69) is 49.6 Å². The second-order valence-corrected chi connectivity index (χ2v) is 4.88. The van der Waals surface area contributed by atoms with Crippen LogP contribution in [0, 0.1) is 19.8 Å². The third kappa shape index (κ3) is 4.88. The van der Waals surface area contributed by atoms with Crippen LogP contribution in [0.1, 0.15) is 30.0 Å². The van der Waals surface area contributed by atoms with E-state index in [1.807, 2.05) is 7.05 Å². The molecule has 0 bridgehead atoms. The van der Waals surface area contributed by atoms with E-state index >= 15 is 0 Å². The van der Waals surface area contributed by atoms with Gasteiger partial charge in [0, 0.05) is 6.54 Å². The van der Waals surface area contributed by atoms with Crippen molar-refractivity contribution < 1.29 is 0 Å². The van der Waals surface area contributed by atoms with Crippen molar-refractivity contribution in [2.45, 2.75) is 33.7 Å². The van der Waals surface area contributed by atoms with Crippen molar-refractivity contribution in [2.75, 3.05) is 20.1 Å². The number of rotatable bonds is 7. The van der Waals surface area contributed by atoms with Crippen molar-refractivity contribution in [3.63, 3.8) is 0 Å². The van der Waals surface area contributed by atoms with Gasteiger partial charge in [-0.1, -0.05) is 31.5 Å². The van der Waals surface area contributed by atoms with Crippen LogP contribution >= 0.6 is 0 Å². The predicted octanol–water partition coefficient (Wildman–Crippen LogP) is 2.64. The summed E-state index contributed by atoms with van der Waals surface area (Å²) in [5.41, 5.74) is 4.13. The first-order valence-corrected chi connectivity index (χ1v) is 6.58. The Bertz CT molecular complexity index is 334. The lowest BCUT2D eigenvalue weighted by Gasteiger charge is -2.15. The molecule has 0 saturated heterocycles. The molecule has 1 rings (SSSR count). The lowest BCUT2D eigenvalue weighted by molar-refractivity contribution is 0.445. The first kappa shape index (κ1) is 14.2. The van der Waals surface area contributed by atoms with Crippen LogP contribution < -0.4 is 10.6 Å². The molecule has 0 amide bonds. The molecular weight excluding hydrogens is 208 g/mol. The van der Waals surface area contributed by atoms with E-state index in [4.69, 9.17) is 0 Å². The average Bonchev–Trinajstić information content (AvgIpc) is 2.32. The smallest absolute Gasteiger partial charge is 0.0205 e. The van der Waals surface area contributed by atoms with E-state index in [-0.39, 0.29) is 0 Å². The van der Waals surface area contributed by atoms with Gasteiger partial charge in [-0.05, 0) is 56.6 Å². The van der Waals surface area contributed by atoms with Gasteiger partial charge in [0.05, 0.1) is 0 Å². The second-order valence-electron chi connectivity index (χ2n) is 4.88. The summed E-state index contributed by atoms with van der Waals surface area (Å²) in [6.07, 6.45) is 1.22. The summed E-state index contributed by atoms with van der Waals surface area (Å²) in [4.78, 5) is 0. The molecule has 1 unspecified atom stereocenters. The maximum atomic E-state index is 3.54. The summed E-state index contributed by atoms with van der Waals surface area (Å²) in [5, 5.41) is 6.79. The molecule has 1 aromatic rings. The lowest BCUT2D eigenvalue weighted by atomic mass is 10.1. The van der Waals surface area contributed by atoms with Gasteiger partial charge in [0.1, 0.15) is 0 Å². The van der Waals surface area contributed by atoms with Gasteiger partial charge in [-0.2, -0.15) is 0 Å². The van der Waals surface area contributed by atoms with Crippen molar-refractivity contribution in [1.29, 1.82) is 0 Å². The number of hydrogen-bond acceptors (Lipinski definition) is 2. The minimum absolute atomic E-state index is 0.728. The van der Waals surface area contributed by atoms with Crippen LogP contribution in [0.25, 0.3) is 0 Å². The van der Waals surface area contributed by atoms with Crippen LogP contribution in [0.3, 0.4) is 0 Å². The van der Waals surface area contributed by atoms with Crippen molar-refractivity contribution in [2.24, 2.45) is 5.92 Å². The standard InChI is InChI=1S/C15H26N2/c1-5-14(9-16-4)10-17-11-15-7-6-12(2)13(3)8-15/h6-8,14,16-17H,5,9-11H2,1-4H3. The van der Waals surface area contributed by atoms with Gasteiger partial charge in [-0.15, -0.1) is 0 Å². The van der Waals surface area contributed by atoms with Gasteiger partial charge < -0.3 is 10.6 Å². The lowest BCUT2D eigenvalue weighted by Crippen LogP contribution is -2.29. The molecule has 0 radical (unpaired) electrons. The molecule has 2 nitrogen and oxygen atoms in total. The fraction of sp³-hybridized carbons (Fsp3) is 0.600. The minimum Gasteiger partial charge on any atom is -0.319 e. The zero-order valence-electron chi connectivity index (χ0n) is 11.6. The SMILES string of the molecule is CCC(CNC)CNCc1ccc(C)c(C)c1. The van der Waals surface area contributed by atoms with Gasteiger partial charge in [0.25, 0.3) is 0 Å². The van der Waals surface area contributed by atoms with E-state index < -0.39 is 0 Å². The fourth-order valence-corrected chi connectivity index (χ4v) is 1.98. The maximum Gasteiger partial charge on any atom is 0.0205 e. The molecule has 1 atom stereocenters. The fourth-order valence-electron chi connectivity index (χ4n) is 1.98. The molecule has 0 fully saturated rings. The largest absolute Gasteiger partial charge is 0.319 e. The summed E-state index contributed by atoms with van der Waals surface area (Å²) in [6, 6.07) is 6.70. The Morgan fingerprint density at radius 2 is 1.88 bits per heavy atom. The first-order chi connectivity index (χ1) is 8.17. The molecule has 0 spiro atoms. The van der Waals surface area contributed by atoms with E-state index in [1.165, 1.54) is 23.1 Å². The molecule has 2 N–H and O–H groups in total. The highest BCUT2D eigenvalue weighted by Gasteiger charge is 2.04. The topological polar surface area (TPSA) is 24.1 Å². The van der Waals surface area contributed by atoms with Gasteiger partial charge in [-0.3, -0.25) is 0 Å². The molecule has 0 aliphatic heterocycles. The van der Waals surface area contributed by atoms with Crippen LogP contribution in [0.4, 0.5) is 0 Å². The molecule has 2 heteroatoms. The first-order valence-electron chi connectivity index (χ1n) is 6.58. The quantitative estimate of drug-likeness (QED) is 0.758. The summed E-state index contributed by atoms with van der Waals surface area (Å²) < 4.78 is 0. The summed E-state index contributed by atoms with van der Waals surface area (Å²) in [6.45, 7) is 9.74. The van der Waals surface area contributed by atoms with Crippen LogP contribution in [-0.4, -0.2) is 20.1 Å². The molecule has 0 aliphatic carbocycles. The van der Waals surface area contributed by atoms with Gasteiger partial charge in [0.2, 0.25) is 0 Å². The van der Waals surface area contributed by atoms with Crippen molar-refractivity contribution in [3.05, 3.63) is 34.9 Å². The molecule has 0 heterocycles. The zero-order chi connectivity index (χ0) is 12.7. The Morgan fingerprint density at radius 1 is 1.12 bits per heavy atom. The Morgan fingerprint density at radius 3 is 2.47 bits per heavy atom. The van der Waals surface area contributed by atoms with Gasteiger partial charge in [-0.25, -0.2) is 0 Å². The highest BCUT2D eigenvalue weighted by Crippen LogP contribution is 2.09. The van der Waals surface area contributed by atoms with Gasteiger partial charge >= 0.3 is 0 Å². The Hall–Kier alpha value is -0.860. The monoisotopic (exact) mass is 234 g/mol.